The molecule has 2 fully saturated rings. The van der Waals surface area contributed by atoms with Crippen molar-refractivity contribution < 1.29 is 9.53 Å². The number of hydrogen-bond acceptors (Lipinski definition) is 4. The summed E-state index contributed by atoms with van der Waals surface area (Å²) in [5.74, 6) is 0. The van der Waals surface area contributed by atoms with Gasteiger partial charge >= 0.3 is 6.09 Å². The number of amides is 1. The topological polar surface area (TPSA) is 44.8 Å². The zero-order valence-corrected chi connectivity index (χ0v) is 14.7. The van der Waals surface area contributed by atoms with Crippen LogP contribution in [0.2, 0.25) is 0 Å². The second-order valence-corrected chi connectivity index (χ2v) is 7.77. The molecule has 0 aromatic rings. The van der Waals surface area contributed by atoms with Gasteiger partial charge in [-0.25, -0.2) is 4.79 Å². The Balaban J connectivity index is 1.68. The lowest BCUT2D eigenvalue weighted by molar-refractivity contribution is 0.0290. The predicted molar refractivity (Wildman–Crippen MR) is 89.1 cm³/mol. The van der Waals surface area contributed by atoms with Crippen LogP contribution in [0.4, 0.5) is 4.79 Å². The first-order valence-electron chi connectivity index (χ1n) is 8.80. The number of rotatable bonds is 4. The molecule has 2 heterocycles. The number of nitrogens with one attached hydrogen (secondary N) is 1. The molecule has 2 saturated heterocycles. The third-order valence-electron chi connectivity index (χ3n) is 4.56. The van der Waals surface area contributed by atoms with Crippen LogP contribution in [0, 0.1) is 0 Å². The van der Waals surface area contributed by atoms with E-state index >= 15 is 0 Å². The number of piperidine rings is 1. The van der Waals surface area contributed by atoms with Crippen molar-refractivity contribution in [2.24, 2.45) is 0 Å². The van der Waals surface area contributed by atoms with Crippen LogP contribution in [0.15, 0.2) is 0 Å². The molecule has 22 heavy (non-hydrogen) atoms. The molecule has 5 nitrogen and oxygen atoms in total. The fourth-order valence-corrected chi connectivity index (χ4v) is 3.24. The standard InChI is InChI=1S/C17H33N3O2/c1-14(19-9-6-5-7-10-19)12-18-15-8-11-20(13-15)16(21)22-17(2,3)4/h14-15,18H,5-13H2,1-4H3. The molecule has 1 N–H and O–H groups in total. The normalized spacial score (nSPS) is 25.3. The third-order valence-corrected chi connectivity index (χ3v) is 4.56. The minimum atomic E-state index is -0.411. The van der Waals surface area contributed by atoms with E-state index in [-0.39, 0.29) is 6.09 Å². The summed E-state index contributed by atoms with van der Waals surface area (Å²) in [5, 5.41) is 3.64. The Kier molecular flexibility index (Phi) is 6.09. The van der Waals surface area contributed by atoms with E-state index in [1.54, 1.807) is 0 Å². The molecule has 2 rings (SSSR count). The summed E-state index contributed by atoms with van der Waals surface area (Å²) in [6, 6.07) is 0.982. The van der Waals surface area contributed by atoms with Gasteiger partial charge in [-0.15, -0.1) is 0 Å². The minimum absolute atomic E-state index is 0.180. The van der Waals surface area contributed by atoms with Crippen molar-refractivity contribution in [3.63, 3.8) is 0 Å². The molecule has 0 aromatic heterocycles. The smallest absolute Gasteiger partial charge is 0.410 e. The van der Waals surface area contributed by atoms with Crippen LogP contribution in [0.25, 0.3) is 0 Å². The molecule has 0 radical (unpaired) electrons. The van der Waals surface area contributed by atoms with E-state index in [1.807, 2.05) is 25.7 Å². The quantitative estimate of drug-likeness (QED) is 0.866. The van der Waals surface area contributed by atoms with Gasteiger partial charge in [-0.2, -0.15) is 0 Å². The van der Waals surface area contributed by atoms with E-state index in [0.29, 0.717) is 12.1 Å². The molecule has 0 saturated carbocycles. The van der Waals surface area contributed by atoms with Crippen LogP contribution >= 0.6 is 0 Å². The van der Waals surface area contributed by atoms with Crippen LogP contribution in [0.5, 0.6) is 0 Å². The molecule has 0 spiro atoms. The molecular weight excluding hydrogens is 278 g/mol. The Morgan fingerprint density at radius 1 is 1.23 bits per heavy atom. The van der Waals surface area contributed by atoms with Crippen molar-refractivity contribution in [1.82, 2.24) is 15.1 Å². The monoisotopic (exact) mass is 311 g/mol. The van der Waals surface area contributed by atoms with Gasteiger partial charge in [0, 0.05) is 31.7 Å². The first kappa shape index (κ1) is 17.5. The van der Waals surface area contributed by atoms with E-state index in [9.17, 15) is 4.79 Å². The molecular formula is C17H33N3O2. The molecule has 0 aromatic carbocycles. The Morgan fingerprint density at radius 2 is 1.91 bits per heavy atom. The highest BCUT2D eigenvalue weighted by molar-refractivity contribution is 5.68. The fourth-order valence-electron chi connectivity index (χ4n) is 3.24. The van der Waals surface area contributed by atoms with Crippen molar-refractivity contribution in [2.45, 2.75) is 71.1 Å². The number of hydrogen-bond donors (Lipinski definition) is 1. The van der Waals surface area contributed by atoms with Crippen molar-refractivity contribution >= 4 is 6.09 Å². The SMILES string of the molecule is CC(CNC1CCN(C(=O)OC(C)(C)C)C1)N1CCCCC1. The highest BCUT2D eigenvalue weighted by Gasteiger charge is 2.30. The summed E-state index contributed by atoms with van der Waals surface area (Å²) < 4.78 is 5.44. The maximum Gasteiger partial charge on any atom is 0.410 e. The van der Waals surface area contributed by atoms with E-state index < -0.39 is 5.60 Å². The average Bonchev–Trinajstić information content (AvgIpc) is 2.93. The molecule has 2 unspecified atom stereocenters. The molecule has 2 aliphatic rings. The molecule has 0 aliphatic carbocycles. The molecule has 128 valence electrons. The average molecular weight is 311 g/mol. The minimum Gasteiger partial charge on any atom is -0.444 e. The van der Waals surface area contributed by atoms with Crippen LogP contribution < -0.4 is 5.32 Å². The van der Waals surface area contributed by atoms with E-state index in [4.69, 9.17) is 4.74 Å². The maximum atomic E-state index is 12.1. The van der Waals surface area contributed by atoms with E-state index in [1.165, 1.54) is 32.4 Å². The molecule has 2 aliphatic heterocycles. The Morgan fingerprint density at radius 3 is 2.55 bits per heavy atom. The molecule has 5 heteroatoms. The zero-order valence-electron chi connectivity index (χ0n) is 14.7. The predicted octanol–water partition coefficient (Wildman–Crippen LogP) is 2.46. The van der Waals surface area contributed by atoms with Crippen LogP contribution in [0.3, 0.4) is 0 Å². The van der Waals surface area contributed by atoms with Gasteiger partial charge in [-0.1, -0.05) is 6.42 Å². The number of carbonyl (C=O) groups is 1. The Labute approximate surface area is 135 Å². The van der Waals surface area contributed by atoms with Crippen LogP contribution in [0.1, 0.15) is 53.4 Å². The van der Waals surface area contributed by atoms with E-state index in [0.717, 1.165) is 26.1 Å². The highest BCUT2D eigenvalue weighted by atomic mass is 16.6. The van der Waals surface area contributed by atoms with Crippen molar-refractivity contribution in [2.75, 3.05) is 32.7 Å². The van der Waals surface area contributed by atoms with Crippen molar-refractivity contribution in [3.8, 4) is 0 Å². The summed E-state index contributed by atoms with van der Waals surface area (Å²) in [6.07, 6.45) is 4.89. The number of likely N-dealkylation sites (tertiary alicyclic amines) is 2. The van der Waals surface area contributed by atoms with Gasteiger partial charge in [0.05, 0.1) is 0 Å². The van der Waals surface area contributed by atoms with Gasteiger partial charge in [-0.3, -0.25) is 4.90 Å². The van der Waals surface area contributed by atoms with Gasteiger partial charge in [0.15, 0.2) is 0 Å². The van der Waals surface area contributed by atoms with Crippen LogP contribution in [-0.2, 0) is 4.74 Å². The first-order chi connectivity index (χ1) is 10.3. The summed E-state index contributed by atoms with van der Waals surface area (Å²) in [5.41, 5.74) is -0.411. The maximum absolute atomic E-state index is 12.1. The van der Waals surface area contributed by atoms with Gasteiger partial charge in [0.25, 0.3) is 0 Å². The summed E-state index contributed by atoms with van der Waals surface area (Å²) in [7, 11) is 0. The highest BCUT2D eigenvalue weighted by Crippen LogP contribution is 2.16. The second-order valence-electron chi connectivity index (χ2n) is 7.77. The molecule has 1 amide bonds. The third kappa shape index (κ3) is 5.43. The summed E-state index contributed by atoms with van der Waals surface area (Å²) >= 11 is 0. The van der Waals surface area contributed by atoms with Crippen LogP contribution in [-0.4, -0.2) is 66.3 Å². The lowest BCUT2D eigenvalue weighted by Crippen LogP contribution is -2.46. The fraction of sp³-hybridized carbons (Fsp3) is 0.941. The zero-order chi connectivity index (χ0) is 16.2. The Hall–Kier alpha value is -0.810. The molecule has 0 bridgehead atoms. The number of nitrogens with zero attached hydrogens (tertiary/aromatic N) is 2. The van der Waals surface area contributed by atoms with Gasteiger partial charge in [0.2, 0.25) is 0 Å². The van der Waals surface area contributed by atoms with Crippen molar-refractivity contribution in [1.29, 1.82) is 0 Å². The van der Waals surface area contributed by atoms with E-state index in [2.05, 4.69) is 17.1 Å². The summed E-state index contributed by atoms with van der Waals surface area (Å²) in [4.78, 5) is 16.5. The Bertz CT molecular complexity index is 361. The lowest BCUT2D eigenvalue weighted by Gasteiger charge is -2.33. The largest absolute Gasteiger partial charge is 0.444 e. The number of carbonyl (C=O) groups excluding carboxylic acids is 1. The summed E-state index contributed by atoms with van der Waals surface area (Å²) in [6.45, 7) is 13.1. The molecule has 2 atom stereocenters. The number of ether oxygens (including phenoxy) is 1. The van der Waals surface area contributed by atoms with Gasteiger partial charge < -0.3 is 15.0 Å². The van der Waals surface area contributed by atoms with Gasteiger partial charge in [-0.05, 0) is 60.0 Å². The second kappa shape index (κ2) is 7.64. The van der Waals surface area contributed by atoms with Gasteiger partial charge in [0.1, 0.15) is 5.60 Å². The first-order valence-corrected chi connectivity index (χ1v) is 8.80. The van der Waals surface area contributed by atoms with Crippen molar-refractivity contribution in [3.05, 3.63) is 0 Å². The lowest BCUT2D eigenvalue weighted by atomic mass is 10.1.